The van der Waals surface area contributed by atoms with Crippen LogP contribution >= 0.6 is 0 Å². The summed E-state index contributed by atoms with van der Waals surface area (Å²) in [5, 5.41) is 0.588. The predicted octanol–water partition coefficient (Wildman–Crippen LogP) is 4.76. The highest BCUT2D eigenvalue weighted by Crippen LogP contribution is 2.38. The lowest BCUT2D eigenvalue weighted by Gasteiger charge is -2.55. The summed E-state index contributed by atoms with van der Waals surface area (Å²) in [5.74, 6) is 0. The monoisotopic (exact) mass is 330 g/mol. The van der Waals surface area contributed by atoms with E-state index in [-0.39, 0.29) is 0 Å². The van der Waals surface area contributed by atoms with Crippen molar-refractivity contribution in [2.45, 2.75) is 72.8 Å². The van der Waals surface area contributed by atoms with E-state index >= 15 is 0 Å². The maximum absolute atomic E-state index is 13.3. The van der Waals surface area contributed by atoms with Crippen molar-refractivity contribution in [3.05, 3.63) is 11.6 Å². The summed E-state index contributed by atoms with van der Waals surface area (Å²) >= 11 is 0. The minimum absolute atomic E-state index is 0.588. The third kappa shape index (κ3) is 3.48. The Hall–Kier alpha value is 0.278. The molecule has 0 aromatic carbocycles. The normalized spacial score (nSPS) is 14.3. The Morgan fingerprint density at radius 2 is 0.947 bits per heavy atom. The largest absolute Gasteiger partial charge is 0.302 e. The molecule has 0 N–H and O–H groups in total. The molecule has 1 nitrogen and oxygen atoms in total. The topological polar surface area (TPSA) is 17.1 Å². The van der Waals surface area contributed by atoms with E-state index in [0.29, 0.717) is 5.41 Å². The van der Waals surface area contributed by atoms with Gasteiger partial charge in [0.1, 0.15) is 12.0 Å². The van der Waals surface area contributed by atoms with Crippen molar-refractivity contribution in [1.82, 2.24) is 0 Å². The lowest BCUT2D eigenvalue weighted by atomic mass is 10.3. The van der Waals surface area contributed by atoms with Gasteiger partial charge in [-0.2, -0.15) is 0 Å². The van der Waals surface area contributed by atoms with Gasteiger partial charge in [-0.25, -0.2) is 0 Å². The molecule has 0 aliphatic carbocycles. The van der Waals surface area contributed by atoms with Gasteiger partial charge < -0.3 is 4.79 Å². The number of carbonyl (C=O) groups excluding carboxylic acids is 1. The van der Waals surface area contributed by atoms with Crippen LogP contribution in [0, 0.1) is 0 Å². The van der Waals surface area contributed by atoms with Crippen LogP contribution in [0.1, 0.15) is 13.8 Å². The first-order valence-electron chi connectivity index (χ1n) is 7.28. The van der Waals surface area contributed by atoms with E-state index in [1.165, 1.54) is 5.57 Å². The van der Waals surface area contributed by atoms with Gasteiger partial charge in [0.15, 0.2) is 0 Å². The van der Waals surface area contributed by atoms with Crippen LogP contribution in [0.3, 0.4) is 0 Å². The Bertz CT molecular complexity index is 338. The second-order valence-electron chi connectivity index (χ2n) is 9.09. The van der Waals surface area contributed by atoms with Crippen molar-refractivity contribution in [2.75, 3.05) is 0 Å². The summed E-state index contributed by atoms with van der Waals surface area (Å²) in [6.45, 7) is 24.4. The van der Waals surface area contributed by atoms with Crippen LogP contribution in [-0.2, 0) is 4.79 Å². The summed E-state index contributed by atoms with van der Waals surface area (Å²) in [5.41, 5.74) is 1.18. The van der Waals surface area contributed by atoms with Gasteiger partial charge >= 0.3 is 0 Å². The minimum Gasteiger partial charge on any atom is -0.302 e. The van der Waals surface area contributed by atoms with Crippen molar-refractivity contribution < 1.29 is 4.79 Å². The van der Waals surface area contributed by atoms with E-state index in [9.17, 15) is 4.79 Å². The van der Waals surface area contributed by atoms with Crippen molar-refractivity contribution in [1.29, 1.82) is 0 Å². The smallest absolute Gasteiger partial charge is 0.125 e. The minimum atomic E-state index is -1.87. The van der Waals surface area contributed by atoms with Gasteiger partial charge in [0.2, 0.25) is 0 Å². The van der Waals surface area contributed by atoms with Crippen LogP contribution in [0.25, 0.3) is 0 Å². The fraction of sp³-hybridized carbons (Fsp3) is 0.786. The zero-order valence-corrected chi connectivity index (χ0v) is 19.0. The van der Waals surface area contributed by atoms with Crippen LogP contribution in [-0.4, -0.2) is 34.8 Å². The Morgan fingerprint density at radius 1 is 0.684 bits per heavy atom. The second kappa shape index (κ2) is 5.58. The molecule has 19 heavy (non-hydrogen) atoms. The molecule has 0 saturated carbocycles. The van der Waals surface area contributed by atoms with Crippen molar-refractivity contribution in [3.63, 3.8) is 0 Å². The standard InChI is InChI=1S/C14H34OSi4/c1-13(2)12-14(15)19(16(3,4)5,17(6,7)8)18(9,10)11/h12H,1-11H3. The molecule has 112 valence electrons. The van der Waals surface area contributed by atoms with Crippen LogP contribution < -0.4 is 0 Å². The van der Waals surface area contributed by atoms with Gasteiger partial charge in [0.25, 0.3) is 0 Å². The number of hydrogen-bond acceptors (Lipinski definition) is 1. The summed E-state index contributed by atoms with van der Waals surface area (Å²) in [7, 11) is -4.41. The first-order valence-corrected chi connectivity index (χ1v) is 22.8. The van der Waals surface area contributed by atoms with Gasteiger partial charge in [-0.1, -0.05) is 64.5 Å². The number of rotatable bonds is 5. The average Bonchev–Trinajstić information content (AvgIpc) is 1.91. The zero-order valence-electron chi connectivity index (χ0n) is 15.0. The predicted molar refractivity (Wildman–Crippen MR) is 100 cm³/mol. The molecule has 0 amide bonds. The molecule has 0 saturated heterocycles. The van der Waals surface area contributed by atoms with Crippen molar-refractivity contribution >= 4 is 34.8 Å². The lowest BCUT2D eigenvalue weighted by Crippen LogP contribution is -2.86. The third-order valence-electron chi connectivity index (χ3n) is 4.16. The molecule has 0 atom stereocenters. The molecule has 0 unspecified atom stereocenters. The van der Waals surface area contributed by atoms with E-state index < -0.39 is 29.4 Å². The Balaban J connectivity index is 6.45. The quantitative estimate of drug-likeness (QED) is 0.524. The van der Waals surface area contributed by atoms with E-state index in [2.05, 4.69) is 72.8 Å². The van der Waals surface area contributed by atoms with Gasteiger partial charge in [0, 0.05) is 22.8 Å². The summed E-state index contributed by atoms with van der Waals surface area (Å²) in [6.07, 6.45) is 2.00. The summed E-state index contributed by atoms with van der Waals surface area (Å²) in [4.78, 5) is 13.3. The van der Waals surface area contributed by atoms with Crippen LogP contribution in [0.5, 0.6) is 0 Å². The molecule has 0 radical (unpaired) electrons. The van der Waals surface area contributed by atoms with E-state index in [1.54, 1.807) is 0 Å². The number of carbonyl (C=O) groups is 1. The fourth-order valence-corrected chi connectivity index (χ4v) is 103. The Kier molecular flexibility index (Phi) is 5.66. The Morgan fingerprint density at radius 3 is 1.11 bits per heavy atom. The summed E-state index contributed by atoms with van der Waals surface area (Å²) < 4.78 is 0. The maximum atomic E-state index is 13.3. The van der Waals surface area contributed by atoms with Crippen LogP contribution in [0.15, 0.2) is 11.6 Å². The first kappa shape index (κ1) is 19.3. The molecule has 5 heteroatoms. The molecule has 0 heterocycles. The lowest BCUT2D eigenvalue weighted by molar-refractivity contribution is -0.108. The molecule has 0 aliphatic rings. The molecule has 0 aromatic rings. The highest BCUT2D eigenvalue weighted by atomic mass is 29.9. The fourth-order valence-electron chi connectivity index (χ4n) is 4.85. The first-order chi connectivity index (χ1) is 8.09. The molecule has 0 aromatic heterocycles. The summed E-state index contributed by atoms with van der Waals surface area (Å²) in [6, 6.07) is 0. The molecular weight excluding hydrogens is 296 g/mol. The van der Waals surface area contributed by atoms with Crippen LogP contribution in [0.4, 0.5) is 0 Å². The van der Waals surface area contributed by atoms with E-state index in [4.69, 9.17) is 0 Å². The average molecular weight is 331 g/mol. The van der Waals surface area contributed by atoms with Gasteiger partial charge in [-0.15, -0.1) is 0 Å². The highest BCUT2D eigenvalue weighted by Gasteiger charge is 2.65. The maximum Gasteiger partial charge on any atom is 0.125 e. The van der Waals surface area contributed by atoms with Gasteiger partial charge in [-0.05, 0) is 19.9 Å². The van der Waals surface area contributed by atoms with Crippen LogP contribution in [0.2, 0.25) is 58.9 Å². The van der Waals surface area contributed by atoms with E-state index in [1.807, 2.05) is 6.08 Å². The molecule has 0 rings (SSSR count). The SMILES string of the molecule is CC(C)=CC(=O)[Si]([Si](C)(C)C)([Si](C)(C)C)[Si](C)(C)C. The molecule has 0 fully saturated rings. The molecule has 0 spiro atoms. The van der Waals surface area contributed by atoms with Crippen molar-refractivity contribution in [3.8, 4) is 0 Å². The molecular formula is C14H34OSi4. The van der Waals surface area contributed by atoms with Crippen molar-refractivity contribution in [2.24, 2.45) is 0 Å². The Labute approximate surface area is 124 Å². The van der Waals surface area contributed by atoms with E-state index in [0.717, 1.165) is 0 Å². The molecule has 0 bridgehead atoms. The van der Waals surface area contributed by atoms with Gasteiger partial charge in [-0.3, -0.25) is 0 Å². The zero-order chi connectivity index (χ0) is 15.9. The molecule has 0 aliphatic heterocycles. The number of allylic oxidation sites excluding steroid dienone is 2. The third-order valence-corrected chi connectivity index (χ3v) is 74.8. The number of hydrogen-bond donors (Lipinski definition) is 0. The highest BCUT2D eigenvalue weighted by molar-refractivity contribution is 7.97. The van der Waals surface area contributed by atoms with Gasteiger partial charge in [0.05, 0.1) is 0 Å². The second-order valence-corrected chi connectivity index (χ2v) is 49.3.